The summed E-state index contributed by atoms with van der Waals surface area (Å²) < 4.78 is 0. The Hall–Kier alpha value is -1.71. The molecule has 0 aliphatic rings. The molecule has 1 rings (SSSR count). The molecule has 1 aromatic heterocycles. The molecule has 0 fully saturated rings. The summed E-state index contributed by atoms with van der Waals surface area (Å²) in [5, 5.41) is 0. The van der Waals surface area contributed by atoms with Crippen LogP contribution in [-0.2, 0) is 0 Å². The molecule has 4 nitrogen and oxygen atoms in total. The van der Waals surface area contributed by atoms with Crippen molar-refractivity contribution in [3.8, 4) is 0 Å². The van der Waals surface area contributed by atoms with Crippen molar-refractivity contribution in [3.63, 3.8) is 0 Å². The molecule has 0 atom stereocenters. The fourth-order valence-corrected chi connectivity index (χ4v) is 0.747. The minimum absolute atomic E-state index is 0.644. The first kappa shape index (κ1) is 9.38. The number of hydrogen-bond donors (Lipinski definition) is 1. The van der Waals surface area contributed by atoms with Gasteiger partial charge in [0.2, 0.25) is 0 Å². The normalized spacial score (nSPS) is 12.3. The number of allylic oxidation sites excluding steroid dienone is 2. The van der Waals surface area contributed by atoms with Gasteiger partial charge in [0.25, 0.3) is 0 Å². The van der Waals surface area contributed by atoms with Gasteiger partial charge in [-0.15, -0.1) is 0 Å². The zero-order valence-corrected chi connectivity index (χ0v) is 7.73. The molecule has 0 saturated heterocycles. The molecule has 2 N–H and O–H groups in total. The van der Waals surface area contributed by atoms with Crippen LogP contribution >= 0.6 is 0 Å². The zero-order chi connectivity index (χ0) is 9.68. The van der Waals surface area contributed by atoms with E-state index in [1.807, 2.05) is 6.92 Å². The lowest BCUT2D eigenvalue weighted by atomic mass is 10.5. The zero-order valence-electron chi connectivity index (χ0n) is 7.73. The third-order valence-corrected chi connectivity index (χ3v) is 1.31. The smallest absolute Gasteiger partial charge is 0.155 e. The second kappa shape index (κ2) is 4.35. The van der Waals surface area contributed by atoms with Crippen molar-refractivity contribution >= 4 is 12.0 Å². The number of aryl methyl sites for hydroxylation is 1. The Balaban J connectivity index is 2.75. The molecular weight excluding hydrogens is 164 g/mol. The highest BCUT2D eigenvalue weighted by atomic mass is 15.0. The highest BCUT2D eigenvalue weighted by Gasteiger charge is 1.89. The minimum Gasteiger partial charge on any atom is -0.402 e. The molecule has 0 amide bonds. The van der Waals surface area contributed by atoms with E-state index < -0.39 is 0 Å². The molecule has 0 spiro atoms. The lowest BCUT2D eigenvalue weighted by Gasteiger charge is -1.92. The SMILES string of the molecule is CC(N)=CC=Nc1ccnc(C)n1. The van der Waals surface area contributed by atoms with E-state index in [1.54, 1.807) is 31.5 Å². The standard InChI is InChI=1S/C9H12N4/c1-7(10)3-5-12-9-4-6-11-8(2)13-9/h3-6H,10H2,1-2H3. The average Bonchev–Trinajstić information content (AvgIpc) is 2.03. The van der Waals surface area contributed by atoms with E-state index in [4.69, 9.17) is 5.73 Å². The van der Waals surface area contributed by atoms with E-state index in [2.05, 4.69) is 15.0 Å². The molecule has 0 unspecified atom stereocenters. The van der Waals surface area contributed by atoms with Crippen molar-refractivity contribution in [2.75, 3.05) is 0 Å². The number of nitrogens with two attached hydrogens (primary N) is 1. The van der Waals surface area contributed by atoms with Gasteiger partial charge in [-0.2, -0.15) is 0 Å². The van der Waals surface area contributed by atoms with E-state index in [0.717, 1.165) is 5.70 Å². The summed E-state index contributed by atoms with van der Waals surface area (Å²) in [6.07, 6.45) is 5.02. The van der Waals surface area contributed by atoms with Gasteiger partial charge in [0.05, 0.1) is 0 Å². The van der Waals surface area contributed by atoms with E-state index >= 15 is 0 Å². The lowest BCUT2D eigenvalue weighted by Crippen LogP contribution is -1.89. The van der Waals surface area contributed by atoms with Gasteiger partial charge < -0.3 is 5.73 Å². The molecule has 0 aliphatic carbocycles. The Labute approximate surface area is 77.2 Å². The highest BCUT2D eigenvalue weighted by Crippen LogP contribution is 2.04. The first-order valence-electron chi connectivity index (χ1n) is 3.94. The number of nitrogens with zero attached hydrogens (tertiary/aromatic N) is 3. The van der Waals surface area contributed by atoms with E-state index in [1.165, 1.54) is 0 Å². The van der Waals surface area contributed by atoms with Crippen LogP contribution in [0.25, 0.3) is 0 Å². The van der Waals surface area contributed by atoms with Crippen molar-refractivity contribution in [3.05, 3.63) is 29.9 Å². The lowest BCUT2D eigenvalue weighted by molar-refractivity contribution is 1.05. The van der Waals surface area contributed by atoms with Gasteiger partial charge in [0, 0.05) is 24.2 Å². The minimum atomic E-state index is 0.644. The molecule has 0 saturated carbocycles. The molecule has 0 aromatic carbocycles. The second-order valence-corrected chi connectivity index (χ2v) is 2.65. The van der Waals surface area contributed by atoms with Gasteiger partial charge in [0.15, 0.2) is 5.82 Å². The molecule has 0 bridgehead atoms. The van der Waals surface area contributed by atoms with Crippen LogP contribution in [0.5, 0.6) is 0 Å². The summed E-state index contributed by atoms with van der Waals surface area (Å²) >= 11 is 0. The molecule has 0 aliphatic heterocycles. The molecule has 1 heterocycles. The number of aromatic nitrogens is 2. The van der Waals surface area contributed by atoms with E-state index in [0.29, 0.717) is 11.6 Å². The van der Waals surface area contributed by atoms with Crippen molar-refractivity contribution in [1.29, 1.82) is 0 Å². The maximum atomic E-state index is 5.42. The van der Waals surface area contributed by atoms with Crippen LogP contribution in [0.3, 0.4) is 0 Å². The van der Waals surface area contributed by atoms with E-state index in [9.17, 15) is 0 Å². The summed E-state index contributed by atoms with van der Waals surface area (Å²) in [4.78, 5) is 12.1. The van der Waals surface area contributed by atoms with Crippen LogP contribution in [0.4, 0.5) is 5.82 Å². The molecule has 13 heavy (non-hydrogen) atoms. The van der Waals surface area contributed by atoms with Gasteiger partial charge >= 0.3 is 0 Å². The van der Waals surface area contributed by atoms with Gasteiger partial charge in [-0.25, -0.2) is 15.0 Å². The van der Waals surface area contributed by atoms with Crippen LogP contribution in [0, 0.1) is 6.92 Å². The third kappa shape index (κ3) is 3.46. The van der Waals surface area contributed by atoms with Crippen LogP contribution in [-0.4, -0.2) is 16.2 Å². The van der Waals surface area contributed by atoms with Crippen LogP contribution < -0.4 is 5.73 Å². The van der Waals surface area contributed by atoms with Crippen molar-refractivity contribution in [2.45, 2.75) is 13.8 Å². The Bertz CT molecular complexity index is 337. The van der Waals surface area contributed by atoms with Gasteiger partial charge in [-0.1, -0.05) is 0 Å². The topological polar surface area (TPSA) is 64.2 Å². The number of rotatable bonds is 2. The predicted molar refractivity (Wildman–Crippen MR) is 52.9 cm³/mol. The molecule has 4 heteroatoms. The van der Waals surface area contributed by atoms with Crippen LogP contribution in [0.15, 0.2) is 29.0 Å². The predicted octanol–water partition coefficient (Wildman–Crippen LogP) is 1.35. The number of aliphatic imine (C=N–C) groups is 1. The number of hydrogen-bond acceptors (Lipinski definition) is 4. The quantitative estimate of drug-likeness (QED) is 0.692. The third-order valence-electron chi connectivity index (χ3n) is 1.31. The Morgan fingerprint density at radius 1 is 1.62 bits per heavy atom. The maximum Gasteiger partial charge on any atom is 0.155 e. The fraction of sp³-hybridized carbons (Fsp3) is 0.222. The monoisotopic (exact) mass is 176 g/mol. The molecule has 0 radical (unpaired) electrons. The van der Waals surface area contributed by atoms with Crippen LogP contribution in [0.1, 0.15) is 12.7 Å². The Morgan fingerprint density at radius 2 is 2.38 bits per heavy atom. The van der Waals surface area contributed by atoms with Crippen molar-refractivity contribution < 1.29 is 0 Å². The van der Waals surface area contributed by atoms with Gasteiger partial charge in [0.1, 0.15) is 5.82 Å². The first-order chi connectivity index (χ1) is 6.18. The average molecular weight is 176 g/mol. The van der Waals surface area contributed by atoms with Gasteiger partial charge in [-0.05, 0) is 19.9 Å². The van der Waals surface area contributed by atoms with Crippen molar-refractivity contribution in [1.82, 2.24) is 9.97 Å². The second-order valence-electron chi connectivity index (χ2n) is 2.65. The van der Waals surface area contributed by atoms with Gasteiger partial charge in [-0.3, -0.25) is 0 Å². The summed E-state index contributed by atoms with van der Waals surface area (Å²) in [7, 11) is 0. The maximum absolute atomic E-state index is 5.42. The highest BCUT2D eigenvalue weighted by molar-refractivity contribution is 5.74. The summed E-state index contributed by atoms with van der Waals surface area (Å²) in [6, 6.07) is 1.74. The summed E-state index contributed by atoms with van der Waals surface area (Å²) in [5.74, 6) is 1.35. The summed E-state index contributed by atoms with van der Waals surface area (Å²) in [6.45, 7) is 3.63. The Morgan fingerprint density at radius 3 is 3.00 bits per heavy atom. The van der Waals surface area contributed by atoms with Crippen molar-refractivity contribution in [2.24, 2.45) is 10.7 Å². The molecule has 1 aromatic rings. The summed E-state index contributed by atoms with van der Waals surface area (Å²) in [5.41, 5.74) is 6.14. The first-order valence-corrected chi connectivity index (χ1v) is 3.94. The largest absolute Gasteiger partial charge is 0.402 e. The van der Waals surface area contributed by atoms with E-state index in [-0.39, 0.29) is 0 Å². The Kier molecular flexibility index (Phi) is 3.14. The van der Waals surface area contributed by atoms with Crippen LogP contribution in [0.2, 0.25) is 0 Å². The fourth-order valence-electron chi connectivity index (χ4n) is 0.747. The molecular formula is C9H12N4. The molecule has 68 valence electrons.